The molecule has 182 valence electrons. The van der Waals surface area contributed by atoms with E-state index in [9.17, 15) is 4.79 Å². The molecule has 0 amide bonds. The molecule has 3 heteroatoms. The van der Waals surface area contributed by atoms with E-state index >= 15 is 0 Å². The van der Waals surface area contributed by atoms with Gasteiger partial charge in [0, 0.05) is 5.56 Å². The second kappa shape index (κ2) is 12.7. The summed E-state index contributed by atoms with van der Waals surface area (Å²) in [6.45, 7) is 16.3. The van der Waals surface area contributed by atoms with Gasteiger partial charge in [-0.2, -0.15) is 0 Å². The molecule has 32 heavy (non-hydrogen) atoms. The first kappa shape index (κ1) is 26.7. The van der Waals surface area contributed by atoms with E-state index in [0.717, 1.165) is 53.9 Å². The number of hydrogen-bond donors (Lipinski definition) is 0. The highest BCUT2D eigenvalue weighted by Gasteiger charge is 2.33. The zero-order chi connectivity index (χ0) is 23.7. The SMILES string of the molecule is Cc1cc2c(c(C)c1OC=O)CCC(C)(CCCC(C)CCCC(C)CCCC(C)C)O2. The fourth-order valence-electron chi connectivity index (χ4n) is 5.28. The van der Waals surface area contributed by atoms with Gasteiger partial charge in [0.05, 0.1) is 0 Å². The zero-order valence-corrected chi connectivity index (χ0v) is 21.9. The highest BCUT2D eigenvalue weighted by Crippen LogP contribution is 2.42. The van der Waals surface area contributed by atoms with Crippen molar-refractivity contribution in [2.75, 3.05) is 0 Å². The summed E-state index contributed by atoms with van der Waals surface area (Å²) in [6, 6.07) is 2.05. The summed E-state index contributed by atoms with van der Waals surface area (Å²) in [6.07, 6.45) is 13.9. The third-order valence-electron chi connectivity index (χ3n) is 7.50. The molecule has 3 atom stereocenters. The van der Waals surface area contributed by atoms with E-state index in [0.29, 0.717) is 12.2 Å². The third kappa shape index (κ3) is 8.12. The molecule has 0 fully saturated rings. The van der Waals surface area contributed by atoms with Gasteiger partial charge in [0.15, 0.2) is 0 Å². The van der Waals surface area contributed by atoms with Gasteiger partial charge in [0.1, 0.15) is 17.1 Å². The first-order valence-electron chi connectivity index (χ1n) is 13.1. The molecule has 0 aliphatic carbocycles. The highest BCUT2D eigenvalue weighted by atomic mass is 16.5. The molecule has 0 saturated carbocycles. The van der Waals surface area contributed by atoms with Gasteiger partial charge in [-0.15, -0.1) is 0 Å². The van der Waals surface area contributed by atoms with Gasteiger partial charge in [-0.05, 0) is 81.4 Å². The van der Waals surface area contributed by atoms with Crippen LogP contribution in [0.4, 0.5) is 0 Å². The van der Waals surface area contributed by atoms with Crippen molar-refractivity contribution in [3.8, 4) is 11.5 Å². The summed E-state index contributed by atoms with van der Waals surface area (Å²) >= 11 is 0. The van der Waals surface area contributed by atoms with Gasteiger partial charge >= 0.3 is 0 Å². The van der Waals surface area contributed by atoms with Crippen molar-refractivity contribution in [1.82, 2.24) is 0 Å². The lowest BCUT2D eigenvalue weighted by Gasteiger charge is -2.37. The minimum absolute atomic E-state index is 0.0937. The largest absolute Gasteiger partial charge is 0.487 e. The average molecular weight is 445 g/mol. The molecule has 0 aromatic heterocycles. The van der Waals surface area contributed by atoms with Gasteiger partial charge in [-0.25, -0.2) is 0 Å². The summed E-state index contributed by atoms with van der Waals surface area (Å²) in [5.74, 6) is 4.18. The van der Waals surface area contributed by atoms with Crippen molar-refractivity contribution in [2.24, 2.45) is 17.8 Å². The van der Waals surface area contributed by atoms with Crippen LogP contribution in [-0.2, 0) is 11.2 Å². The van der Waals surface area contributed by atoms with Gasteiger partial charge in [-0.3, -0.25) is 4.79 Å². The van der Waals surface area contributed by atoms with E-state index in [4.69, 9.17) is 9.47 Å². The molecule has 3 nitrogen and oxygen atoms in total. The first-order chi connectivity index (χ1) is 15.1. The molecule has 0 spiro atoms. The predicted molar refractivity (Wildman–Crippen MR) is 135 cm³/mol. The van der Waals surface area contributed by atoms with Gasteiger partial charge < -0.3 is 9.47 Å². The van der Waals surface area contributed by atoms with Crippen molar-refractivity contribution in [3.63, 3.8) is 0 Å². The van der Waals surface area contributed by atoms with Crippen molar-refractivity contribution in [3.05, 3.63) is 22.8 Å². The van der Waals surface area contributed by atoms with Crippen LogP contribution in [0.5, 0.6) is 11.5 Å². The Bertz CT molecular complexity index is 724. The van der Waals surface area contributed by atoms with Crippen molar-refractivity contribution < 1.29 is 14.3 Å². The molecule has 1 heterocycles. The van der Waals surface area contributed by atoms with E-state index in [2.05, 4.69) is 34.6 Å². The lowest BCUT2D eigenvalue weighted by Crippen LogP contribution is -2.36. The highest BCUT2D eigenvalue weighted by molar-refractivity contribution is 5.58. The maximum absolute atomic E-state index is 10.8. The molecule has 3 unspecified atom stereocenters. The number of benzene rings is 1. The molecular formula is C29H48O3. The van der Waals surface area contributed by atoms with Crippen LogP contribution < -0.4 is 9.47 Å². The zero-order valence-electron chi connectivity index (χ0n) is 21.9. The number of aryl methyl sites for hydroxylation is 1. The molecule has 0 N–H and O–H groups in total. The number of hydrogen-bond acceptors (Lipinski definition) is 3. The van der Waals surface area contributed by atoms with Crippen LogP contribution in [0.25, 0.3) is 0 Å². The monoisotopic (exact) mass is 444 g/mol. The fourth-order valence-corrected chi connectivity index (χ4v) is 5.28. The minimum atomic E-state index is -0.0937. The smallest absolute Gasteiger partial charge is 0.298 e. The Labute approximate surface area is 197 Å². The number of rotatable bonds is 14. The van der Waals surface area contributed by atoms with Crippen LogP contribution in [0, 0.1) is 31.6 Å². The molecular weight excluding hydrogens is 396 g/mol. The number of carbonyl (C=O) groups excluding carboxylic acids is 1. The average Bonchev–Trinajstić information content (AvgIpc) is 2.70. The topological polar surface area (TPSA) is 35.5 Å². The Morgan fingerprint density at radius 3 is 2.19 bits per heavy atom. The van der Waals surface area contributed by atoms with Crippen molar-refractivity contribution in [1.29, 1.82) is 0 Å². The Hall–Kier alpha value is -1.51. The van der Waals surface area contributed by atoms with Gasteiger partial charge in [0.2, 0.25) is 0 Å². The molecule has 1 aromatic carbocycles. The Morgan fingerprint density at radius 2 is 1.59 bits per heavy atom. The summed E-state index contributed by atoms with van der Waals surface area (Å²) in [5, 5.41) is 0. The second-order valence-corrected chi connectivity index (χ2v) is 11.2. The fraction of sp³-hybridized carbons (Fsp3) is 0.759. The maximum Gasteiger partial charge on any atom is 0.298 e. The molecule has 1 aliphatic rings. The Kier molecular flexibility index (Phi) is 10.6. The number of fused-ring (bicyclic) bond motifs is 1. The van der Waals surface area contributed by atoms with Crippen LogP contribution in [0.1, 0.15) is 116 Å². The van der Waals surface area contributed by atoms with Crippen LogP contribution in [0.3, 0.4) is 0 Å². The summed E-state index contributed by atoms with van der Waals surface area (Å²) in [7, 11) is 0. The summed E-state index contributed by atoms with van der Waals surface area (Å²) in [4.78, 5) is 10.8. The van der Waals surface area contributed by atoms with E-state index in [1.807, 2.05) is 19.9 Å². The standard InChI is InChI=1S/C29H48O3/c1-21(2)11-8-12-22(3)13-9-14-23(4)15-10-17-29(7)18-16-26-25(6)28(31-20-30)24(5)19-27(26)32-29/h19-23H,8-18H2,1-7H3. The normalized spacial score (nSPS) is 19.9. The van der Waals surface area contributed by atoms with E-state index in [1.165, 1.54) is 56.9 Å². The quantitative estimate of drug-likeness (QED) is 0.270. The van der Waals surface area contributed by atoms with Gasteiger partial charge in [0.25, 0.3) is 6.47 Å². The van der Waals surface area contributed by atoms with Crippen LogP contribution in [-0.4, -0.2) is 12.1 Å². The minimum Gasteiger partial charge on any atom is -0.487 e. The van der Waals surface area contributed by atoms with Crippen LogP contribution in [0.2, 0.25) is 0 Å². The maximum atomic E-state index is 10.8. The molecule has 1 aromatic rings. The van der Waals surface area contributed by atoms with Crippen molar-refractivity contribution >= 4 is 6.47 Å². The summed E-state index contributed by atoms with van der Waals surface area (Å²) in [5.41, 5.74) is 3.11. The van der Waals surface area contributed by atoms with E-state index < -0.39 is 0 Å². The predicted octanol–water partition coefficient (Wildman–Crippen LogP) is 8.36. The molecule has 2 rings (SSSR count). The van der Waals surface area contributed by atoms with E-state index in [-0.39, 0.29) is 5.60 Å². The lowest BCUT2D eigenvalue weighted by molar-refractivity contribution is -0.120. The van der Waals surface area contributed by atoms with Crippen molar-refractivity contribution in [2.45, 2.75) is 125 Å². The number of carbonyl (C=O) groups is 1. The molecule has 0 radical (unpaired) electrons. The second-order valence-electron chi connectivity index (χ2n) is 11.2. The first-order valence-corrected chi connectivity index (χ1v) is 13.1. The van der Waals surface area contributed by atoms with Gasteiger partial charge in [-0.1, -0.05) is 72.6 Å². The van der Waals surface area contributed by atoms with E-state index in [1.54, 1.807) is 0 Å². The molecule has 1 aliphatic heterocycles. The molecule has 0 bridgehead atoms. The molecule has 0 saturated heterocycles. The number of ether oxygens (including phenoxy) is 2. The van der Waals surface area contributed by atoms with Crippen LogP contribution in [0.15, 0.2) is 6.07 Å². The third-order valence-corrected chi connectivity index (χ3v) is 7.50. The Morgan fingerprint density at radius 1 is 1.00 bits per heavy atom. The lowest BCUT2D eigenvalue weighted by atomic mass is 9.85. The van der Waals surface area contributed by atoms with Crippen LogP contribution >= 0.6 is 0 Å². The Balaban J connectivity index is 1.74. The summed E-state index contributed by atoms with van der Waals surface area (Å²) < 4.78 is 11.7.